The van der Waals surface area contributed by atoms with Crippen molar-refractivity contribution in [3.8, 4) is 0 Å². The second-order valence-electron chi connectivity index (χ2n) is 4.62. The van der Waals surface area contributed by atoms with Crippen molar-refractivity contribution in [3.63, 3.8) is 0 Å². The lowest BCUT2D eigenvalue weighted by atomic mass is 10.2. The van der Waals surface area contributed by atoms with Crippen LogP contribution in [0.1, 0.15) is 20.4 Å². The van der Waals surface area contributed by atoms with Crippen LogP contribution in [0.5, 0.6) is 0 Å². The minimum Gasteiger partial charge on any atom is -0.438 e. The van der Waals surface area contributed by atoms with Gasteiger partial charge in [-0.05, 0) is 26.0 Å². The Kier molecular flexibility index (Phi) is 3.68. The lowest BCUT2D eigenvalue weighted by molar-refractivity contribution is 0.0341. The first kappa shape index (κ1) is 14.3. The molecule has 0 bridgehead atoms. The number of esters is 1. The van der Waals surface area contributed by atoms with E-state index in [1.807, 2.05) is 6.92 Å². The van der Waals surface area contributed by atoms with E-state index in [0.29, 0.717) is 21.5 Å². The summed E-state index contributed by atoms with van der Waals surface area (Å²) in [5.41, 5.74) is 0.768. The Hall–Kier alpha value is -2.61. The van der Waals surface area contributed by atoms with Crippen LogP contribution in [0.4, 0.5) is 0 Å². The number of nitrogens with zero attached hydrogens (tertiary/aromatic N) is 4. The van der Waals surface area contributed by atoms with Crippen molar-refractivity contribution in [2.24, 2.45) is 0 Å². The van der Waals surface area contributed by atoms with Crippen molar-refractivity contribution < 1.29 is 9.53 Å². The van der Waals surface area contributed by atoms with E-state index in [2.05, 4.69) is 15.3 Å². The Bertz CT molecular complexity index is 916. The number of hydrogen-bond donors (Lipinski definition) is 0. The average Bonchev–Trinajstić information content (AvgIpc) is 2.85. The summed E-state index contributed by atoms with van der Waals surface area (Å²) in [6.45, 7) is 3.27. The topological polar surface area (TPSA) is 87.0 Å². The predicted molar refractivity (Wildman–Crippen MR) is 80.8 cm³/mol. The molecule has 0 amide bonds. The Balaban J connectivity index is 1.82. The molecule has 0 radical (unpaired) electrons. The highest BCUT2D eigenvalue weighted by molar-refractivity contribution is 7.13. The van der Waals surface area contributed by atoms with Crippen LogP contribution < -0.4 is 5.56 Å². The monoisotopic (exact) mass is 316 g/mol. The van der Waals surface area contributed by atoms with Crippen LogP contribution in [-0.2, 0) is 11.5 Å². The first-order valence-corrected chi connectivity index (χ1v) is 7.31. The first-order chi connectivity index (χ1) is 10.6. The summed E-state index contributed by atoms with van der Waals surface area (Å²) in [4.78, 5) is 28.8. The van der Waals surface area contributed by atoms with E-state index in [0.717, 1.165) is 9.69 Å². The molecule has 3 rings (SSSR count). The smallest absolute Gasteiger partial charge is 0.352 e. The van der Waals surface area contributed by atoms with Crippen molar-refractivity contribution in [1.82, 2.24) is 20.0 Å². The highest BCUT2D eigenvalue weighted by atomic mass is 32.1. The Morgan fingerprint density at radius 2 is 2.09 bits per heavy atom. The number of hydrogen-bond acceptors (Lipinski definition) is 7. The molecular weight excluding hydrogens is 304 g/mol. The van der Waals surface area contributed by atoms with Crippen molar-refractivity contribution in [2.75, 3.05) is 0 Å². The van der Waals surface area contributed by atoms with Crippen LogP contribution in [0.15, 0.2) is 29.1 Å². The number of rotatable bonds is 3. The Labute approximate surface area is 129 Å². The van der Waals surface area contributed by atoms with E-state index >= 15 is 0 Å². The fraction of sp³-hybridized carbons (Fsp3) is 0.214. The maximum absolute atomic E-state index is 12.2. The number of aromatic nitrogens is 4. The zero-order chi connectivity index (χ0) is 15.7. The standard InChI is InChI=1S/C14H12N4O3S/c1-8-12(22-9(2)15-8)14(20)21-7-18-13(19)10-5-3-4-6-11(10)16-17-18/h3-6H,7H2,1-2H3. The molecule has 0 unspecified atom stereocenters. The summed E-state index contributed by atoms with van der Waals surface area (Å²) in [6, 6.07) is 6.87. The van der Waals surface area contributed by atoms with Gasteiger partial charge in [0.15, 0.2) is 6.73 Å². The fourth-order valence-electron chi connectivity index (χ4n) is 2.01. The van der Waals surface area contributed by atoms with Gasteiger partial charge in [-0.1, -0.05) is 17.3 Å². The van der Waals surface area contributed by atoms with Crippen molar-refractivity contribution in [2.45, 2.75) is 20.6 Å². The van der Waals surface area contributed by atoms with Gasteiger partial charge in [-0.3, -0.25) is 4.79 Å². The van der Waals surface area contributed by atoms with Gasteiger partial charge in [0.05, 0.1) is 16.1 Å². The van der Waals surface area contributed by atoms with E-state index < -0.39 is 5.97 Å². The van der Waals surface area contributed by atoms with Gasteiger partial charge >= 0.3 is 5.97 Å². The molecule has 2 aromatic heterocycles. The first-order valence-electron chi connectivity index (χ1n) is 6.50. The van der Waals surface area contributed by atoms with Crippen LogP contribution in [0.25, 0.3) is 10.9 Å². The largest absolute Gasteiger partial charge is 0.438 e. The van der Waals surface area contributed by atoms with Gasteiger partial charge in [0.25, 0.3) is 5.56 Å². The molecule has 0 aliphatic heterocycles. The molecule has 0 saturated heterocycles. The SMILES string of the molecule is Cc1nc(C)c(C(=O)OCn2nnc3ccccc3c2=O)s1. The molecule has 112 valence electrons. The quantitative estimate of drug-likeness (QED) is 0.683. The van der Waals surface area contributed by atoms with Gasteiger partial charge < -0.3 is 4.74 Å². The number of thiazole rings is 1. The molecule has 0 fully saturated rings. The number of carbonyl (C=O) groups is 1. The zero-order valence-electron chi connectivity index (χ0n) is 11.9. The van der Waals surface area contributed by atoms with Crippen molar-refractivity contribution in [3.05, 3.63) is 50.2 Å². The molecule has 0 aliphatic rings. The number of fused-ring (bicyclic) bond motifs is 1. The van der Waals surface area contributed by atoms with Gasteiger partial charge in [0.1, 0.15) is 10.4 Å². The predicted octanol–water partition coefficient (Wildman–Crippen LogP) is 1.68. The minimum atomic E-state index is -0.523. The highest BCUT2D eigenvalue weighted by Gasteiger charge is 2.16. The molecular formula is C14H12N4O3S. The molecule has 2 heterocycles. The molecule has 0 N–H and O–H groups in total. The summed E-state index contributed by atoms with van der Waals surface area (Å²) in [7, 11) is 0. The van der Waals surface area contributed by atoms with Crippen LogP contribution >= 0.6 is 11.3 Å². The van der Waals surface area contributed by atoms with Crippen LogP contribution in [0.2, 0.25) is 0 Å². The molecule has 22 heavy (non-hydrogen) atoms. The van der Waals surface area contributed by atoms with E-state index in [1.165, 1.54) is 11.3 Å². The summed E-state index contributed by atoms with van der Waals surface area (Å²) in [6.07, 6.45) is 0. The zero-order valence-corrected chi connectivity index (χ0v) is 12.8. The van der Waals surface area contributed by atoms with Crippen molar-refractivity contribution >= 4 is 28.2 Å². The van der Waals surface area contributed by atoms with Crippen LogP contribution in [0.3, 0.4) is 0 Å². The number of benzene rings is 1. The molecule has 0 spiro atoms. The van der Waals surface area contributed by atoms with Gasteiger partial charge in [0, 0.05) is 0 Å². The normalized spacial score (nSPS) is 10.8. The van der Waals surface area contributed by atoms with E-state index in [-0.39, 0.29) is 12.3 Å². The molecule has 8 heteroatoms. The maximum Gasteiger partial charge on any atom is 0.352 e. The number of aryl methyl sites for hydroxylation is 2. The summed E-state index contributed by atoms with van der Waals surface area (Å²) >= 11 is 1.26. The average molecular weight is 316 g/mol. The third kappa shape index (κ3) is 2.60. The summed E-state index contributed by atoms with van der Waals surface area (Å²) in [5.74, 6) is -0.523. The minimum absolute atomic E-state index is 0.286. The molecule has 7 nitrogen and oxygen atoms in total. The number of carbonyl (C=O) groups excluding carboxylic acids is 1. The summed E-state index contributed by atoms with van der Waals surface area (Å²) in [5, 5.41) is 8.90. The van der Waals surface area contributed by atoms with E-state index in [1.54, 1.807) is 31.2 Å². The Morgan fingerprint density at radius 3 is 2.82 bits per heavy atom. The molecule has 0 atom stereocenters. The van der Waals surface area contributed by atoms with Crippen molar-refractivity contribution in [1.29, 1.82) is 0 Å². The van der Waals surface area contributed by atoms with E-state index in [4.69, 9.17) is 4.74 Å². The fourth-order valence-corrected chi connectivity index (χ4v) is 2.83. The highest BCUT2D eigenvalue weighted by Crippen LogP contribution is 2.18. The van der Waals surface area contributed by atoms with E-state index in [9.17, 15) is 9.59 Å². The van der Waals surface area contributed by atoms with Gasteiger partial charge in [-0.2, -0.15) is 4.68 Å². The second-order valence-corrected chi connectivity index (χ2v) is 5.82. The van der Waals surface area contributed by atoms with Gasteiger partial charge in [-0.25, -0.2) is 9.78 Å². The van der Waals surface area contributed by atoms with Crippen LogP contribution in [-0.4, -0.2) is 25.9 Å². The molecule has 0 saturated carbocycles. The molecule has 1 aromatic carbocycles. The number of ether oxygens (including phenoxy) is 1. The molecule has 0 aliphatic carbocycles. The second kappa shape index (κ2) is 5.64. The third-order valence-electron chi connectivity index (χ3n) is 3.04. The third-order valence-corrected chi connectivity index (χ3v) is 4.09. The lowest BCUT2D eigenvalue weighted by Crippen LogP contribution is -2.26. The molecule has 3 aromatic rings. The van der Waals surface area contributed by atoms with Crippen LogP contribution in [0, 0.1) is 13.8 Å². The van der Waals surface area contributed by atoms with Gasteiger partial charge in [-0.15, -0.1) is 16.4 Å². The Morgan fingerprint density at radius 1 is 1.32 bits per heavy atom. The van der Waals surface area contributed by atoms with Gasteiger partial charge in [0.2, 0.25) is 0 Å². The lowest BCUT2D eigenvalue weighted by Gasteiger charge is -2.05. The maximum atomic E-state index is 12.2. The summed E-state index contributed by atoms with van der Waals surface area (Å²) < 4.78 is 6.15.